The molecule has 5 heteroatoms. The van der Waals surface area contributed by atoms with E-state index in [4.69, 9.17) is 0 Å². The van der Waals surface area contributed by atoms with Crippen molar-refractivity contribution in [3.8, 4) is 0 Å². The monoisotopic (exact) mass is 276 g/mol. The zero-order chi connectivity index (χ0) is 10.2. The van der Waals surface area contributed by atoms with Crippen molar-refractivity contribution >= 4 is 32.4 Å². The first-order valence-electron chi connectivity index (χ1n) is 4.71. The molecule has 0 radical (unpaired) electrons. The fourth-order valence-electron chi connectivity index (χ4n) is 1.81. The number of rotatable bonds is 3. The summed E-state index contributed by atoms with van der Waals surface area (Å²) < 4.78 is 0.878. The van der Waals surface area contributed by atoms with Gasteiger partial charge in [-0.15, -0.1) is 11.3 Å². The number of halogens is 1. The van der Waals surface area contributed by atoms with Crippen LogP contribution in [0, 0.1) is 0 Å². The molecule has 0 aromatic carbocycles. The number of β-amino-alcohol motifs (C(OH)–C–C–N with tert-alkyl or cyclic N) is 1. The topological polar surface area (TPSA) is 36.4 Å². The molecule has 0 amide bonds. The van der Waals surface area contributed by atoms with Gasteiger partial charge in [0.25, 0.3) is 0 Å². The summed E-state index contributed by atoms with van der Waals surface area (Å²) >= 11 is 4.93. The number of nitrogens with zero attached hydrogens (tertiary/aromatic N) is 2. The van der Waals surface area contributed by atoms with Crippen molar-refractivity contribution in [2.75, 3.05) is 18.0 Å². The summed E-state index contributed by atoms with van der Waals surface area (Å²) in [6, 6.07) is 0. The molecule has 0 spiro atoms. The summed E-state index contributed by atoms with van der Waals surface area (Å²) in [4.78, 5) is 6.42. The molecular weight excluding hydrogens is 264 g/mol. The first-order valence-corrected chi connectivity index (χ1v) is 6.38. The molecule has 1 aliphatic heterocycles. The quantitative estimate of drug-likeness (QED) is 0.920. The molecule has 78 valence electrons. The molecule has 1 N–H and O–H groups in total. The molecule has 14 heavy (non-hydrogen) atoms. The molecule has 3 nitrogen and oxygen atoms in total. The summed E-state index contributed by atoms with van der Waals surface area (Å²) in [5, 5.41) is 12.9. The van der Waals surface area contributed by atoms with Crippen LogP contribution in [0.2, 0.25) is 0 Å². The fourth-order valence-corrected chi connectivity index (χ4v) is 3.06. The molecule has 1 aromatic rings. The Morgan fingerprint density at radius 1 is 1.71 bits per heavy atom. The molecule has 0 aliphatic carbocycles. The molecule has 1 aliphatic rings. The van der Waals surface area contributed by atoms with Gasteiger partial charge in [-0.05, 0) is 22.4 Å². The number of hydrogen-bond donors (Lipinski definition) is 1. The fraction of sp³-hybridized carbons (Fsp3) is 0.667. The molecule has 0 saturated carbocycles. The number of anilines is 1. The van der Waals surface area contributed by atoms with Crippen molar-refractivity contribution in [1.29, 1.82) is 0 Å². The van der Waals surface area contributed by atoms with Crippen LogP contribution in [0.25, 0.3) is 0 Å². The van der Waals surface area contributed by atoms with Gasteiger partial charge in [0.1, 0.15) is 4.60 Å². The minimum Gasteiger partial charge on any atom is -0.386 e. The number of aliphatic hydroxyl groups is 1. The first-order chi connectivity index (χ1) is 6.63. The van der Waals surface area contributed by atoms with Crippen LogP contribution in [0.1, 0.15) is 19.8 Å². The summed E-state index contributed by atoms with van der Waals surface area (Å²) in [6.45, 7) is 3.54. The highest BCUT2D eigenvalue weighted by atomic mass is 79.9. The van der Waals surface area contributed by atoms with E-state index >= 15 is 0 Å². The molecule has 2 rings (SSSR count). The smallest absolute Gasteiger partial charge is 0.186 e. The Balaban J connectivity index is 1.94. The van der Waals surface area contributed by atoms with Gasteiger partial charge in [0.05, 0.1) is 18.7 Å². The number of aromatic nitrogens is 1. The van der Waals surface area contributed by atoms with Gasteiger partial charge in [-0.1, -0.05) is 13.3 Å². The highest BCUT2D eigenvalue weighted by Crippen LogP contribution is 2.33. The molecule has 0 atom stereocenters. The highest BCUT2D eigenvalue weighted by molar-refractivity contribution is 9.10. The highest BCUT2D eigenvalue weighted by Gasteiger charge is 2.41. The van der Waals surface area contributed by atoms with E-state index in [1.54, 1.807) is 11.3 Å². The Morgan fingerprint density at radius 2 is 2.43 bits per heavy atom. The van der Waals surface area contributed by atoms with Gasteiger partial charge >= 0.3 is 0 Å². The largest absolute Gasteiger partial charge is 0.386 e. The maximum absolute atomic E-state index is 9.97. The average molecular weight is 277 g/mol. The normalized spacial score (nSPS) is 19.5. The van der Waals surface area contributed by atoms with E-state index < -0.39 is 5.60 Å². The van der Waals surface area contributed by atoms with E-state index in [1.807, 2.05) is 5.38 Å². The van der Waals surface area contributed by atoms with Crippen molar-refractivity contribution in [1.82, 2.24) is 4.98 Å². The molecule has 0 unspecified atom stereocenters. The summed E-state index contributed by atoms with van der Waals surface area (Å²) in [5.41, 5.74) is -0.465. The number of hydrogen-bond acceptors (Lipinski definition) is 4. The molecular formula is C9H13BrN2OS. The van der Waals surface area contributed by atoms with Crippen molar-refractivity contribution in [2.45, 2.75) is 25.4 Å². The van der Waals surface area contributed by atoms with Crippen LogP contribution in [-0.2, 0) is 0 Å². The first kappa shape index (κ1) is 10.4. The second-order valence-corrected chi connectivity index (χ2v) is 5.43. The van der Waals surface area contributed by atoms with E-state index in [0.29, 0.717) is 0 Å². The Hall–Kier alpha value is -0.130. The van der Waals surface area contributed by atoms with Crippen molar-refractivity contribution < 1.29 is 5.11 Å². The Labute approximate surface area is 95.9 Å². The average Bonchev–Trinajstić information content (AvgIpc) is 2.47. The van der Waals surface area contributed by atoms with Crippen molar-refractivity contribution in [3.05, 3.63) is 9.98 Å². The molecule has 0 bridgehead atoms. The Bertz CT molecular complexity index is 322. The Morgan fingerprint density at radius 3 is 2.93 bits per heavy atom. The second kappa shape index (κ2) is 3.79. The van der Waals surface area contributed by atoms with Gasteiger partial charge in [0, 0.05) is 5.38 Å². The zero-order valence-corrected chi connectivity index (χ0v) is 10.4. The van der Waals surface area contributed by atoms with E-state index in [-0.39, 0.29) is 0 Å². The maximum atomic E-state index is 9.97. The van der Waals surface area contributed by atoms with Crippen molar-refractivity contribution in [3.63, 3.8) is 0 Å². The standard InChI is InChI=1S/C9H13BrN2OS/c1-2-3-9(13)5-12(6-9)8-11-7(10)4-14-8/h4,13H,2-3,5-6H2,1H3. The van der Waals surface area contributed by atoms with Crippen LogP contribution in [0.4, 0.5) is 5.13 Å². The van der Waals surface area contributed by atoms with Gasteiger partial charge in [-0.25, -0.2) is 4.98 Å². The molecule has 2 heterocycles. The van der Waals surface area contributed by atoms with Gasteiger partial charge in [-0.2, -0.15) is 0 Å². The minimum absolute atomic E-state index is 0.465. The third-order valence-corrected chi connectivity index (χ3v) is 4.03. The second-order valence-electron chi connectivity index (χ2n) is 3.78. The summed E-state index contributed by atoms with van der Waals surface area (Å²) in [5.74, 6) is 0. The van der Waals surface area contributed by atoms with Gasteiger partial charge in [0.2, 0.25) is 0 Å². The van der Waals surface area contributed by atoms with Crippen LogP contribution in [-0.4, -0.2) is 28.8 Å². The lowest BCUT2D eigenvalue weighted by molar-refractivity contribution is 0.00337. The lowest BCUT2D eigenvalue weighted by Crippen LogP contribution is -2.61. The third kappa shape index (κ3) is 1.94. The van der Waals surface area contributed by atoms with Crippen LogP contribution >= 0.6 is 27.3 Å². The van der Waals surface area contributed by atoms with Gasteiger partial charge in [-0.3, -0.25) is 0 Å². The van der Waals surface area contributed by atoms with E-state index in [9.17, 15) is 5.11 Å². The molecule has 1 aromatic heterocycles. The SMILES string of the molecule is CCCC1(O)CN(c2nc(Br)cs2)C1. The van der Waals surface area contributed by atoms with Crippen molar-refractivity contribution in [2.24, 2.45) is 0 Å². The molecule has 1 fully saturated rings. The Kier molecular flexibility index (Phi) is 2.81. The van der Waals surface area contributed by atoms with Crippen LogP contribution in [0.5, 0.6) is 0 Å². The van der Waals surface area contributed by atoms with Crippen LogP contribution < -0.4 is 4.90 Å². The predicted molar refractivity (Wildman–Crippen MR) is 61.9 cm³/mol. The lowest BCUT2D eigenvalue weighted by Gasteiger charge is -2.46. The third-order valence-electron chi connectivity index (χ3n) is 2.42. The van der Waals surface area contributed by atoms with E-state index in [1.165, 1.54) is 0 Å². The summed E-state index contributed by atoms with van der Waals surface area (Å²) in [7, 11) is 0. The van der Waals surface area contributed by atoms with Crippen LogP contribution in [0.3, 0.4) is 0 Å². The predicted octanol–water partition coefficient (Wildman–Crippen LogP) is 2.26. The van der Waals surface area contributed by atoms with E-state index in [0.717, 1.165) is 35.7 Å². The summed E-state index contributed by atoms with van der Waals surface area (Å²) in [6.07, 6.45) is 1.92. The molecule has 1 saturated heterocycles. The van der Waals surface area contributed by atoms with Gasteiger partial charge in [0.15, 0.2) is 5.13 Å². The van der Waals surface area contributed by atoms with E-state index in [2.05, 4.69) is 32.7 Å². The maximum Gasteiger partial charge on any atom is 0.186 e. The lowest BCUT2D eigenvalue weighted by atomic mass is 9.90. The number of thiazole rings is 1. The van der Waals surface area contributed by atoms with Crippen LogP contribution in [0.15, 0.2) is 9.98 Å². The minimum atomic E-state index is -0.465. The van der Waals surface area contributed by atoms with Gasteiger partial charge < -0.3 is 10.0 Å². The zero-order valence-electron chi connectivity index (χ0n) is 8.03.